The van der Waals surface area contributed by atoms with Gasteiger partial charge in [0.15, 0.2) is 0 Å². The number of hydrogen-bond donors (Lipinski definition) is 0. The van der Waals surface area contributed by atoms with E-state index in [-0.39, 0.29) is 0 Å². The lowest BCUT2D eigenvalue weighted by Crippen LogP contribution is -2.16. The fraction of sp³-hybridized carbons (Fsp3) is 0.909. The third-order valence-electron chi connectivity index (χ3n) is 2.70. The van der Waals surface area contributed by atoms with Crippen molar-refractivity contribution in [1.29, 1.82) is 0 Å². The highest BCUT2D eigenvalue weighted by Gasteiger charge is 2.14. The summed E-state index contributed by atoms with van der Waals surface area (Å²) in [5.74, 6) is 1.18. The number of rotatable bonds is 5. The number of Topliss-reactive ketones (excluding diaryl/α,β-unsaturated/α-hetero) is 1. The van der Waals surface area contributed by atoms with Gasteiger partial charge in [0.05, 0.1) is 0 Å². The molecule has 2 heteroatoms. The summed E-state index contributed by atoms with van der Waals surface area (Å²) < 4.78 is 5.27. The fourth-order valence-electron chi connectivity index (χ4n) is 1.80. The molecule has 0 amide bonds. The minimum atomic E-state index is 0.439. The zero-order valence-electron chi connectivity index (χ0n) is 8.55. The molecule has 0 saturated carbocycles. The summed E-state index contributed by atoms with van der Waals surface area (Å²) in [6.45, 7) is 3.85. The molecule has 76 valence electrons. The van der Waals surface area contributed by atoms with Crippen molar-refractivity contribution in [3.8, 4) is 0 Å². The molecule has 1 aliphatic rings. The largest absolute Gasteiger partial charge is 0.381 e. The summed E-state index contributed by atoms with van der Waals surface area (Å²) in [7, 11) is 0. The van der Waals surface area contributed by atoms with Crippen molar-refractivity contribution in [2.24, 2.45) is 5.92 Å². The lowest BCUT2D eigenvalue weighted by Gasteiger charge is -2.21. The molecule has 0 N–H and O–H groups in total. The maximum atomic E-state index is 11.3. The topological polar surface area (TPSA) is 26.3 Å². The standard InChI is InChI=1S/C11H20O2/c1-2-3-11(12)5-4-10-6-8-13-9-7-10/h10H,2-9H2,1H3. The summed E-state index contributed by atoms with van der Waals surface area (Å²) in [6.07, 6.45) is 5.94. The zero-order valence-corrected chi connectivity index (χ0v) is 8.55. The molecular weight excluding hydrogens is 164 g/mol. The van der Waals surface area contributed by atoms with Crippen LogP contribution in [0.15, 0.2) is 0 Å². The van der Waals surface area contributed by atoms with Crippen LogP contribution in [-0.4, -0.2) is 19.0 Å². The molecule has 0 spiro atoms. The highest BCUT2D eigenvalue weighted by atomic mass is 16.5. The van der Waals surface area contributed by atoms with Crippen LogP contribution in [0.4, 0.5) is 0 Å². The Morgan fingerprint density at radius 1 is 1.31 bits per heavy atom. The van der Waals surface area contributed by atoms with Crippen molar-refractivity contribution in [2.75, 3.05) is 13.2 Å². The van der Waals surface area contributed by atoms with Gasteiger partial charge in [-0.25, -0.2) is 0 Å². The van der Waals surface area contributed by atoms with E-state index in [1.54, 1.807) is 0 Å². The van der Waals surface area contributed by atoms with Crippen molar-refractivity contribution in [3.63, 3.8) is 0 Å². The van der Waals surface area contributed by atoms with Crippen LogP contribution in [0.25, 0.3) is 0 Å². The van der Waals surface area contributed by atoms with Gasteiger partial charge in [-0.05, 0) is 31.6 Å². The van der Waals surface area contributed by atoms with Crippen LogP contribution in [0.3, 0.4) is 0 Å². The first-order valence-electron chi connectivity index (χ1n) is 5.42. The molecule has 1 fully saturated rings. The van der Waals surface area contributed by atoms with E-state index < -0.39 is 0 Å². The number of carbonyl (C=O) groups is 1. The van der Waals surface area contributed by atoms with Gasteiger partial charge in [-0.2, -0.15) is 0 Å². The van der Waals surface area contributed by atoms with Crippen molar-refractivity contribution < 1.29 is 9.53 Å². The summed E-state index contributed by atoms with van der Waals surface area (Å²) in [4.78, 5) is 11.3. The molecule has 0 aromatic heterocycles. The number of ketones is 1. The van der Waals surface area contributed by atoms with E-state index in [0.717, 1.165) is 57.7 Å². The van der Waals surface area contributed by atoms with Gasteiger partial charge in [0.1, 0.15) is 5.78 Å². The van der Waals surface area contributed by atoms with Gasteiger partial charge in [0, 0.05) is 26.1 Å². The van der Waals surface area contributed by atoms with Crippen LogP contribution in [0.2, 0.25) is 0 Å². The molecule has 1 saturated heterocycles. The Hall–Kier alpha value is -0.370. The first-order chi connectivity index (χ1) is 6.33. The highest BCUT2D eigenvalue weighted by molar-refractivity contribution is 5.78. The minimum Gasteiger partial charge on any atom is -0.381 e. The van der Waals surface area contributed by atoms with Crippen LogP contribution in [0.5, 0.6) is 0 Å². The van der Waals surface area contributed by atoms with Gasteiger partial charge in [-0.1, -0.05) is 6.92 Å². The lowest BCUT2D eigenvalue weighted by molar-refractivity contribution is -0.119. The molecule has 1 aliphatic heterocycles. The summed E-state index contributed by atoms with van der Waals surface area (Å²) >= 11 is 0. The second-order valence-electron chi connectivity index (χ2n) is 3.88. The van der Waals surface area contributed by atoms with Crippen LogP contribution in [-0.2, 0) is 9.53 Å². The van der Waals surface area contributed by atoms with Crippen molar-refractivity contribution in [3.05, 3.63) is 0 Å². The van der Waals surface area contributed by atoms with Crippen LogP contribution < -0.4 is 0 Å². The number of carbonyl (C=O) groups excluding carboxylic acids is 1. The normalized spacial score (nSPS) is 18.8. The molecule has 1 heterocycles. The van der Waals surface area contributed by atoms with Crippen LogP contribution in [0.1, 0.15) is 45.4 Å². The smallest absolute Gasteiger partial charge is 0.132 e. The second kappa shape index (κ2) is 6.14. The molecule has 0 aromatic rings. The van der Waals surface area contributed by atoms with Gasteiger partial charge in [0.25, 0.3) is 0 Å². The first kappa shape index (κ1) is 10.7. The van der Waals surface area contributed by atoms with E-state index in [4.69, 9.17) is 4.74 Å². The molecule has 0 radical (unpaired) electrons. The molecule has 0 bridgehead atoms. The molecule has 13 heavy (non-hydrogen) atoms. The molecule has 1 rings (SSSR count). The Labute approximate surface area is 80.7 Å². The molecule has 0 unspecified atom stereocenters. The van der Waals surface area contributed by atoms with Crippen LogP contribution >= 0.6 is 0 Å². The third-order valence-corrected chi connectivity index (χ3v) is 2.70. The average Bonchev–Trinajstić information content (AvgIpc) is 2.17. The fourth-order valence-corrected chi connectivity index (χ4v) is 1.80. The molecular formula is C11H20O2. The predicted octanol–water partition coefficient (Wildman–Crippen LogP) is 2.56. The molecule has 2 nitrogen and oxygen atoms in total. The van der Waals surface area contributed by atoms with Gasteiger partial charge in [-0.15, -0.1) is 0 Å². The Balaban J connectivity index is 2.06. The predicted molar refractivity (Wildman–Crippen MR) is 52.7 cm³/mol. The van der Waals surface area contributed by atoms with Gasteiger partial charge in [-0.3, -0.25) is 4.79 Å². The second-order valence-corrected chi connectivity index (χ2v) is 3.88. The zero-order chi connectivity index (χ0) is 9.52. The van der Waals surface area contributed by atoms with E-state index in [1.165, 1.54) is 0 Å². The quantitative estimate of drug-likeness (QED) is 0.656. The Bertz CT molecular complexity index is 148. The Morgan fingerprint density at radius 2 is 2.00 bits per heavy atom. The number of hydrogen-bond acceptors (Lipinski definition) is 2. The minimum absolute atomic E-state index is 0.439. The van der Waals surface area contributed by atoms with Gasteiger partial charge < -0.3 is 4.74 Å². The van der Waals surface area contributed by atoms with Crippen molar-refractivity contribution in [1.82, 2.24) is 0 Å². The van der Waals surface area contributed by atoms with Crippen molar-refractivity contribution in [2.45, 2.75) is 45.4 Å². The van der Waals surface area contributed by atoms with E-state index in [1.807, 2.05) is 0 Å². The number of ether oxygens (including phenoxy) is 1. The van der Waals surface area contributed by atoms with Gasteiger partial charge >= 0.3 is 0 Å². The molecule has 0 atom stereocenters. The maximum Gasteiger partial charge on any atom is 0.132 e. The van der Waals surface area contributed by atoms with E-state index >= 15 is 0 Å². The molecule has 0 aromatic carbocycles. The summed E-state index contributed by atoms with van der Waals surface area (Å²) in [6, 6.07) is 0. The van der Waals surface area contributed by atoms with Crippen LogP contribution in [0, 0.1) is 5.92 Å². The average molecular weight is 184 g/mol. The Morgan fingerprint density at radius 3 is 2.62 bits per heavy atom. The van der Waals surface area contributed by atoms with Crippen molar-refractivity contribution >= 4 is 5.78 Å². The first-order valence-corrected chi connectivity index (χ1v) is 5.42. The highest BCUT2D eigenvalue weighted by Crippen LogP contribution is 2.20. The Kier molecular flexibility index (Phi) is 5.06. The maximum absolute atomic E-state index is 11.3. The third kappa shape index (κ3) is 4.41. The lowest BCUT2D eigenvalue weighted by atomic mass is 9.93. The SMILES string of the molecule is CCCC(=O)CCC1CCOCC1. The van der Waals surface area contributed by atoms with Gasteiger partial charge in [0.2, 0.25) is 0 Å². The monoisotopic (exact) mass is 184 g/mol. The summed E-state index contributed by atoms with van der Waals surface area (Å²) in [5, 5.41) is 0. The summed E-state index contributed by atoms with van der Waals surface area (Å²) in [5.41, 5.74) is 0. The molecule has 0 aliphatic carbocycles. The van der Waals surface area contributed by atoms with E-state index in [9.17, 15) is 4.79 Å². The van der Waals surface area contributed by atoms with E-state index in [2.05, 4.69) is 6.92 Å². The van der Waals surface area contributed by atoms with E-state index in [0.29, 0.717) is 5.78 Å².